The summed E-state index contributed by atoms with van der Waals surface area (Å²) in [5.74, 6) is 0.224. The minimum absolute atomic E-state index is 0.0378. The van der Waals surface area contributed by atoms with Crippen molar-refractivity contribution in [3.8, 4) is 0 Å². The molecule has 2 rings (SSSR count). The second-order valence-electron chi connectivity index (χ2n) is 6.00. The lowest BCUT2D eigenvalue weighted by Gasteiger charge is -2.29. The summed E-state index contributed by atoms with van der Waals surface area (Å²) < 4.78 is 23.2. The molecule has 1 heterocycles. The third-order valence-electron chi connectivity index (χ3n) is 4.11. The predicted molar refractivity (Wildman–Crippen MR) is 92.2 cm³/mol. The van der Waals surface area contributed by atoms with Crippen LogP contribution >= 0.6 is 11.6 Å². The fourth-order valence-corrected chi connectivity index (χ4v) is 4.88. The zero-order chi connectivity index (χ0) is 17.0. The second kappa shape index (κ2) is 7.64. The van der Waals surface area contributed by atoms with Crippen LogP contribution in [0, 0.1) is 0 Å². The van der Waals surface area contributed by atoms with Crippen molar-refractivity contribution in [1.29, 1.82) is 0 Å². The van der Waals surface area contributed by atoms with Crippen LogP contribution in [0.25, 0.3) is 0 Å². The fraction of sp³-hybridized carbons (Fsp3) is 0.562. The van der Waals surface area contributed by atoms with Gasteiger partial charge in [0.05, 0.1) is 18.1 Å². The molecule has 7 heteroatoms. The van der Waals surface area contributed by atoms with Crippen LogP contribution in [-0.2, 0) is 21.2 Å². The monoisotopic (exact) mass is 358 g/mol. The number of amides is 1. The summed E-state index contributed by atoms with van der Waals surface area (Å²) in [6.45, 7) is 3.23. The Hall–Kier alpha value is -1.11. The molecule has 23 heavy (non-hydrogen) atoms. The van der Waals surface area contributed by atoms with E-state index in [0.29, 0.717) is 24.5 Å². The van der Waals surface area contributed by atoms with Gasteiger partial charge in [0.15, 0.2) is 9.84 Å². The molecule has 5 nitrogen and oxygen atoms in total. The van der Waals surface area contributed by atoms with Crippen LogP contribution in [0.4, 0.5) is 0 Å². The molecular weight excluding hydrogens is 336 g/mol. The van der Waals surface area contributed by atoms with Crippen molar-refractivity contribution in [1.82, 2.24) is 9.80 Å². The first kappa shape index (κ1) is 18.2. The number of hydrogen-bond acceptors (Lipinski definition) is 4. The maximum atomic E-state index is 12.5. The summed E-state index contributed by atoms with van der Waals surface area (Å²) >= 11 is 6.14. The fourth-order valence-electron chi connectivity index (χ4n) is 2.95. The van der Waals surface area contributed by atoms with Crippen molar-refractivity contribution in [3.63, 3.8) is 0 Å². The Labute approximate surface area is 143 Å². The zero-order valence-corrected chi connectivity index (χ0v) is 15.1. The molecule has 0 saturated carbocycles. The van der Waals surface area contributed by atoms with E-state index in [0.717, 1.165) is 5.56 Å². The SMILES string of the molecule is CCN(C(=O)CN(C)Cc1ccccc1Cl)C1CCS(=O)(=O)C1. The number of carbonyl (C=O) groups is 1. The summed E-state index contributed by atoms with van der Waals surface area (Å²) in [5, 5.41) is 0.682. The molecule has 0 bridgehead atoms. The van der Waals surface area contributed by atoms with Gasteiger partial charge in [0, 0.05) is 24.2 Å². The van der Waals surface area contributed by atoms with E-state index in [-0.39, 0.29) is 30.0 Å². The molecule has 1 amide bonds. The highest BCUT2D eigenvalue weighted by atomic mass is 35.5. The molecular formula is C16H23ClN2O3S. The number of hydrogen-bond donors (Lipinski definition) is 0. The topological polar surface area (TPSA) is 57.7 Å². The van der Waals surface area contributed by atoms with Crippen LogP contribution in [0.1, 0.15) is 18.9 Å². The van der Waals surface area contributed by atoms with Crippen molar-refractivity contribution in [3.05, 3.63) is 34.9 Å². The molecule has 0 N–H and O–H groups in total. The number of carbonyl (C=O) groups excluding carboxylic acids is 1. The maximum absolute atomic E-state index is 12.5. The van der Waals surface area contributed by atoms with E-state index in [1.165, 1.54) is 0 Å². The second-order valence-corrected chi connectivity index (χ2v) is 8.64. The molecule has 0 aliphatic carbocycles. The normalized spacial score (nSPS) is 19.9. The Bertz CT molecular complexity index is 663. The van der Waals surface area contributed by atoms with Crippen LogP contribution in [0.2, 0.25) is 5.02 Å². The van der Waals surface area contributed by atoms with Gasteiger partial charge in [-0.2, -0.15) is 0 Å². The van der Waals surface area contributed by atoms with Gasteiger partial charge in [0.25, 0.3) is 0 Å². The van der Waals surface area contributed by atoms with E-state index < -0.39 is 9.84 Å². The van der Waals surface area contributed by atoms with Gasteiger partial charge in [-0.25, -0.2) is 8.42 Å². The van der Waals surface area contributed by atoms with Gasteiger partial charge in [-0.1, -0.05) is 29.8 Å². The molecule has 128 valence electrons. The van der Waals surface area contributed by atoms with Gasteiger partial charge in [-0.15, -0.1) is 0 Å². The maximum Gasteiger partial charge on any atom is 0.237 e. The highest BCUT2D eigenvalue weighted by molar-refractivity contribution is 7.91. The number of likely N-dealkylation sites (N-methyl/N-ethyl adjacent to an activating group) is 2. The van der Waals surface area contributed by atoms with Gasteiger partial charge in [0.2, 0.25) is 5.91 Å². The van der Waals surface area contributed by atoms with E-state index in [1.807, 2.05) is 43.1 Å². The number of halogens is 1. The van der Waals surface area contributed by atoms with Gasteiger partial charge in [-0.3, -0.25) is 9.69 Å². The Balaban J connectivity index is 1.95. The number of nitrogens with zero attached hydrogens (tertiary/aromatic N) is 2. The van der Waals surface area contributed by atoms with Crippen LogP contribution in [0.3, 0.4) is 0 Å². The van der Waals surface area contributed by atoms with Crippen molar-refractivity contribution in [2.24, 2.45) is 0 Å². The Kier molecular flexibility index (Phi) is 6.06. The summed E-state index contributed by atoms with van der Waals surface area (Å²) in [5.41, 5.74) is 0.968. The summed E-state index contributed by atoms with van der Waals surface area (Å²) in [6.07, 6.45) is 0.538. The highest BCUT2D eigenvalue weighted by Gasteiger charge is 2.33. The van der Waals surface area contributed by atoms with Crippen molar-refractivity contribution in [2.45, 2.75) is 25.9 Å². The Morgan fingerprint density at radius 1 is 1.35 bits per heavy atom. The zero-order valence-electron chi connectivity index (χ0n) is 13.5. The first-order valence-corrected chi connectivity index (χ1v) is 9.94. The first-order chi connectivity index (χ1) is 10.8. The number of benzene rings is 1. The lowest BCUT2D eigenvalue weighted by atomic mass is 10.2. The average Bonchev–Trinajstić information content (AvgIpc) is 2.82. The lowest BCUT2D eigenvalue weighted by Crippen LogP contribution is -2.45. The quantitative estimate of drug-likeness (QED) is 0.778. The van der Waals surface area contributed by atoms with E-state index in [9.17, 15) is 13.2 Å². The van der Waals surface area contributed by atoms with Gasteiger partial charge in [0.1, 0.15) is 0 Å². The third-order valence-corrected chi connectivity index (χ3v) is 6.23. The van der Waals surface area contributed by atoms with Crippen molar-refractivity contribution >= 4 is 27.3 Å². The van der Waals surface area contributed by atoms with Crippen LogP contribution in [0.15, 0.2) is 24.3 Å². The molecule has 1 aromatic carbocycles. The first-order valence-electron chi connectivity index (χ1n) is 7.74. The molecule has 1 atom stereocenters. The van der Waals surface area contributed by atoms with E-state index in [4.69, 9.17) is 11.6 Å². The molecule has 1 unspecified atom stereocenters. The minimum Gasteiger partial charge on any atom is -0.338 e. The van der Waals surface area contributed by atoms with E-state index in [1.54, 1.807) is 4.90 Å². The highest BCUT2D eigenvalue weighted by Crippen LogP contribution is 2.19. The summed E-state index contributed by atoms with van der Waals surface area (Å²) in [7, 11) is -1.13. The number of sulfone groups is 1. The number of rotatable bonds is 6. The third kappa shape index (κ3) is 4.93. The molecule has 1 aromatic rings. The minimum atomic E-state index is -2.99. The van der Waals surface area contributed by atoms with Crippen LogP contribution < -0.4 is 0 Å². The largest absolute Gasteiger partial charge is 0.338 e. The molecule has 1 saturated heterocycles. The predicted octanol–water partition coefficient (Wildman–Crippen LogP) is 1.81. The Morgan fingerprint density at radius 3 is 2.61 bits per heavy atom. The Morgan fingerprint density at radius 2 is 2.04 bits per heavy atom. The van der Waals surface area contributed by atoms with Gasteiger partial charge in [-0.05, 0) is 32.0 Å². The van der Waals surface area contributed by atoms with Crippen LogP contribution in [0.5, 0.6) is 0 Å². The van der Waals surface area contributed by atoms with Crippen molar-refractivity contribution in [2.75, 3.05) is 31.6 Å². The molecule has 0 radical (unpaired) electrons. The summed E-state index contributed by atoms with van der Waals surface area (Å²) in [6, 6.07) is 7.36. The molecule has 0 aromatic heterocycles. The van der Waals surface area contributed by atoms with E-state index >= 15 is 0 Å². The molecule has 0 spiro atoms. The molecule has 1 aliphatic heterocycles. The molecule has 1 fully saturated rings. The van der Waals surface area contributed by atoms with Gasteiger partial charge >= 0.3 is 0 Å². The van der Waals surface area contributed by atoms with Crippen LogP contribution in [-0.4, -0.2) is 61.8 Å². The standard InChI is InChI=1S/C16H23ClN2O3S/c1-3-19(14-8-9-23(21,22)12-14)16(20)11-18(2)10-13-6-4-5-7-15(13)17/h4-7,14H,3,8-12H2,1-2H3. The van der Waals surface area contributed by atoms with Gasteiger partial charge < -0.3 is 4.90 Å². The van der Waals surface area contributed by atoms with Crippen molar-refractivity contribution < 1.29 is 13.2 Å². The molecule has 1 aliphatic rings. The summed E-state index contributed by atoms with van der Waals surface area (Å²) in [4.78, 5) is 16.1. The lowest BCUT2D eigenvalue weighted by molar-refractivity contribution is -0.133. The average molecular weight is 359 g/mol. The smallest absolute Gasteiger partial charge is 0.237 e. The van der Waals surface area contributed by atoms with E-state index in [2.05, 4.69) is 0 Å².